The van der Waals surface area contributed by atoms with Gasteiger partial charge in [0.1, 0.15) is 0 Å². The van der Waals surface area contributed by atoms with Crippen LogP contribution in [0, 0.1) is 5.92 Å². The van der Waals surface area contributed by atoms with E-state index in [1.165, 1.54) is 0 Å². The zero-order chi connectivity index (χ0) is 6.85. The molecule has 0 unspecified atom stereocenters. The molecule has 1 aliphatic rings. The molecule has 0 aromatic heterocycles. The van der Waals surface area contributed by atoms with Crippen molar-refractivity contribution < 1.29 is 8.78 Å². The zero-order valence-electron chi connectivity index (χ0n) is 4.93. The van der Waals surface area contributed by atoms with Crippen LogP contribution in [0.2, 0.25) is 0 Å². The Morgan fingerprint density at radius 2 is 2.22 bits per heavy atom. The van der Waals surface area contributed by atoms with Gasteiger partial charge in [-0.25, -0.2) is 8.78 Å². The van der Waals surface area contributed by atoms with Crippen molar-refractivity contribution in [2.24, 2.45) is 11.7 Å². The van der Waals surface area contributed by atoms with Gasteiger partial charge in [0.25, 0.3) is 0 Å². The van der Waals surface area contributed by atoms with Crippen LogP contribution in [0.1, 0.15) is 6.42 Å². The number of allylic oxidation sites excluding steroid dienone is 1. The smallest absolute Gasteiger partial charge is 0.243 e. The van der Waals surface area contributed by atoms with Crippen LogP contribution in [0.3, 0.4) is 0 Å². The van der Waals surface area contributed by atoms with E-state index in [2.05, 4.69) is 0 Å². The van der Waals surface area contributed by atoms with Gasteiger partial charge in [0.05, 0.1) is 0 Å². The van der Waals surface area contributed by atoms with Crippen molar-refractivity contribution in [3.05, 3.63) is 12.2 Å². The van der Waals surface area contributed by atoms with E-state index in [0.29, 0.717) is 6.42 Å². The molecule has 1 aliphatic carbocycles. The molecule has 0 fully saturated rings. The van der Waals surface area contributed by atoms with Crippen molar-refractivity contribution in [1.82, 2.24) is 0 Å². The van der Waals surface area contributed by atoms with E-state index >= 15 is 0 Å². The first kappa shape index (κ1) is 6.68. The summed E-state index contributed by atoms with van der Waals surface area (Å²) in [4.78, 5) is 0. The lowest BCUT2D eigenvalue weighted by Crippen LogP contribution is -2.29. The van der Waals surface area contributed by atoms with Crippen molar-refractivity contribution in [3.63, 3.8) is 0 Å². The van der Waals surface area contributed by atoms with Gasteiger partial charge in [-0.05, 0) is 6.42 Å². The Kier molecular flexibility index (Phi) is 1.81. The lowest BCUT2D eigenvalue weighted by molar-refractivity contribution is 0.0763. The van der Waals surface area contributed by atoms with E-state index in [1.54, 1.807) is 12.2 Å². The van der Waals surface area contributed by atoms with Crippen LogP contribution in [0.25, 0.3) is 0 Å². The fraction of sp³-hybridized carbons (Fsp3) is 0.667. The van der Waals surface area contributed by atoms with Crippen LogP contribution in [0.15, 0.2) is 12.2 Å². The van der Waals surface area contributed by atoms with Crippen LogP contribution in [-0.4, -0.2) is 12.5 Å². The minimum Gasteiger partial charge on any atom is -0.324 e. The molecule has 0 amide bonds. The number of alkyl halides is 2. The average Bonchev–Trinajstić information content (AvgIpc) is 2.13. The summed E-state index contributed by atoms with van der Waals surface area (Å²) < 4.78 is 23.7. The van der Waals surface area contributed by atoms with Crippen molar-refractivity contribution >= 4 is 0 Å². The van der Waals surface area contributed by atoms with Crippen molar-refractivity contribution in [1.29, 1.82) is 0 Å². The minimum absolute atomic E-state index is 0.426. The van der Waals surface area contributed by atoms with Gasteiger partial charge >= 0.3 is 0 Å². The van der Waals surface area contributed by atoms with E-state index in [0.717, 1.165) is 0 Å². The summed E-state index contributed by atoms with van der Waals surface area (Å²) in [5.41, 5.74) is 5.31. The fourth-order valence-corrected chi connectivity index (χ4v) is 0.964. The molecule has 9 heavy (non-hydrogen) atoms. The summed E-state index contributed by atoms with van der Waals surface area (Å²) in [7, 11) is 0. The van der Waals surface area contributed by atoms with Crippen LogP contribution in [0.5, 0.6) is 0 Å². The maximum absolute atomic E-state index is 11.9. The molecule has 0 bridgehead atoms. The third-order valence-corrected chi connectivity index (χ3v) is 1.58. The molecule has 0 saturated heterocycles. The Morgan fingerprint density at radius 3 is 2.44 bits per heavy atom. The molecule has 0 heterocycles. The van der Waals surface area contributed by atoms with Crippen LogP contribution < -0.4 is 5.73 Å². The second-order valence-electron chi connectivity index (χ2n) is 2.24. The molecular weight excluding hydrogens is 124 g/mol. The normalized spacial score (nSPS) is 34.2. The van der Waals surface area contributed by atoms with Gasteiger partial charge in [0.15, 0.2) is 0 Å². The molecule has 0 saturated carbocycles. The topological polar surface area (TPSA) is 26.0 Å². The monoisotopic (exact) mass is 133 g/mol. The summed E-state index contributed by atoms with van der Waals surface area (Å²) in [6.45, 7) is 0. The lowest BCUT2D eigenvalue weighted by Gasteiger charge is -2.12. The van der Waals surface area contributed by atoms with Gasteiger partial charge in [0, 0.05) is 12.0 Å². The molecule has 1 nitrogen and oxygen atoms in total. The first-order valence-electron chi connectivity index (χ1n) is 2.92. The van der Waals surface area contributed by atoms with Gasteiger partial charge < -0.3 is 5.73 Å². The second kappa shape index (κ2) is 2.43. The Balaban J connectivity index is 2.45. The first-order valence-corrected chi connectivity index (χ1v) is 2.92. The summed E-state index contributed by atoms with van der Waals surface area (Å²) >= 11 is 0. The zero-order valence-corrected chi connectivity index (χ0v) is 4.93. The average molecular weight is 133 g/mol. The summed E-state index contributed by atoms with van der Waals surface area (Å²) in [5.74, 6) is -0.634. The van der Waals surface area contributed by atoms with Gasteiger partial charge in [-0.2, -0.15) is 0 Å². The summed E-state index contributed by atoms with van der Waals surface area (Å²) in [6.07, 6.45) is 1.51. The Bertz CT molecular complexity index is 122. The largest absolute Gasteiger partial charge is 0.324 e. The third kappa shape index (κ3) is 1.27. The van der Waals surface area contributed by atoms with Crippen LogP contribution >= 0.6 is 0 Å². The fourth-order valence-electron chi connectivity index (χ4n) is 0.964. The maximum Gasteiger partial charge on any atom is 0.243 e. The number of hydrogen-bond donors (Lipinski definition) is 1. The van der Waals surface area contributed by atoms with Gasteiger partial charge in [-0.15, -0.1) is 0 Å². The quantitative estimate of drug-likeness (QED) is 0.533. The number of nitrogens with two attached hydrogens (primary N) is 1. The second-order valence-corrected chi connectivity index (χ2v) is 2.24. The molecule has 3 heteroatoms. The summed E-state index contributed by atoms with van der Waals surface area (Å²) in [6, 6.07) is -0.426. The molecule has 0 aromatic rings. The molecule has 0 spiro atoms. The van der Waals surface area contributed by atoms with Crippen LogP contribution in [-0.2, 0) is 0 Å². The number of halogens is 2. The Labute approximate surface area is 52.5 Å². The van der Waals surface area contributed by atoms with Crippen molar-refractivity contribution in [3.8, 4) is 0 Å². The van der Waals surface area contributed by atoms with E-state index in [4.69, 9.17) is 5.73 Å². The predicted octanol–water partition coefficient (Wildman–Crippen LogP) is 1.15. The predicted molar refractivity (Wildman–Crippen MR) is 31.2 cm³/mol. The standard InChI is InChI=1S/C6H9F2N/c7-6(8)4-2-1-3-5(4)9/h1,3-6H,2,9H2/t4-,5+/m1/s1. The van der Waals surface area contributed by atoms with Crippen LogP contribution in [0.4, 0.5) is 8.78 Å². The van der Waals surface area contributed by atoms with E-state index in [9.17, 15) is 8.78 Å². The highest BCUT2D eigenvalue weighted by molar-refractivity contribution is 5.04. The molecule has 0 aliphatic heterocycles. The minimum atomic E-state index is -2.27. The molecule has 0 aromatic carbocycles. The molecule has 2 N–H and O–H groups in total. The van der Waals surface area contributed by atoms with Gasteiger partial charge in [-0.3, -0.25) is 0 Å². The SMILES string of the molecule is N[C@H]1C=CC[C@H]1C(F)F. The van der Waals surface area contributed by atoms with E-state index < -0.39 is 18.4 Å². The van der Waals surface area contributed by atoms with Crippen molar-refractivity contribution in [2.75, 3.05) is 0 Å². The van der Waals surface area contributed by atoms with E-state index in [1.807, 2.05) is 0 Å². The first-order chi connectivity index (χ1) is 4.22. The molecule has 52 valence electrons. The summed E-state index contributed by atoms with van der Waals surface area (Å²) in [5, 5.41) is 0. The van der Waals surface area contributed by atoms with Gasteiger partial charge in [0.2, 0.25) is 6.43 Å². The highest BCUT2D eigenvalue weighted by Crippen LogP contribution is 2.23. The highest BCUT2D eigenvalue weighted by atomic mass is 19.3. The Morgan fingerprint density at radius 1 is 1.56 bits per heavy atom. The van der Waals surface area contributed by atoms with E-state index in [-0.39, 0.29) is 0 Å². The van der Waals surface area contributed by atoms with Gasteiger partial charge in [-0.1, -0.05) is 12.2 Å². The van der Waals surface area contributed by atoms with Crippen molar-refractivity contribution in [2.45, 2.75) is 18.9 Å². The number of hydrogen-bond acceptors (Lipinski definition) is 1. The number of rotatable bonds is 1. The Hall–Kier alpha value is -0.440. The maximum atomic E-state index is 11.9. The molecule has 0 radical (unpaired) electrons. The highest BCUT2D eigenvalue weighted by Gasteiger charge is 2.27. The molecular formula is C6H9F2N. The third-order valence-electron chi connectivity index (χ3n) is 1.58. The molecule has 2 atom stereocenters. The molecule has 1 rings (SSSR count). The lowest BCUT2D eigenvalue weighted by atomic mass is 10.1.